The molecule has 0 amide bonds. The molecule has 0 bridgehead atoms. The van der Waals surface area contributed by atoms with Gasteiger partial charge in [-0.05, 0) is 34.8 Å². The van der Waals surface area contributed by atoms with Crippen molar-refractivity contribution in [3.8, 4) is 0 Å². The second kappa shape index (κ2) is 5.00. The first-order valence-electron chi connectivity index (χ1n) is 3.61. The third-order valence-corrected chi connectivity index (χ3v) is 3.98. The van der Waals surface area contributed by atoms with Crippen molar-refractivity contribution in [2.75, 3.05) is 0 Å². The van der Waals surface area contributed by atoms with Crippen LogP contribution < -0.4 is 0 Å². The van der Waals surface area contributed by atoms with Gasteiger partial charge < -0.3 is 4.79 Å². The van der Waals surface area contributed by atoms with Crippen molar-refractivity contribution in [1.82, 2.24) is 0 Å². The summed E-state index contributed by atoms with van der Waals surface area (Å²) in [6.45, 7) is 0. The fraction of sp³-hybridized carbons (Fsp3) is 0.375. The van der Waals surface area contributed by atoms with Crippen molar-refractivity contribution in [3.63, 3.8) is 0 Å². The summed E-state index contributed by atoms with van der Waals surface area (Å²) in [5, 5.41) is 0. The Morgan fingerprint density at radius 1 is 1.67 bits per heavy atom. The van der Waals surface area contributed by atoms with E-state index in [9.17, 15) is 4.79 Å². The molecule has 0 atom stereocenters. The van der Waals surface area contributed by atoms with Gasteiger partial charge in [0.1, 0.15) is 10.6 Å². The molecule has 1 rings (SSSR count). The number of hydrogen-bond acceptors (Lipinski definition) is 2. The van der Waals surface area contributed by atoms with E-state index in [1.54, 1.807) is 11.3 Å². The van der Waals surface area contributed by atoms with Crippen molar-refractivity contribution >= 4 is 45.2 Å². The normalized spacial score (nSPS) is 10.2. The van der Waals surface area contributed by atoms with Crippen LogP contribution in [0.5, 0.6) is 0 Å². The molecule has 0 radical (unpaired) electrons. The molecule has 0 saturated heterocycles. The molecule has 66 valence electrons. The smallest absolute Gasteiger partial charge is 0.120 e. The van der Waals surface area contributed by atoms with Crippen LogP contribution in [-0.2, 0) is 11.2 Å². The highest BCUT2D eigenvalue weighted by Crippen LogP contribution is 2.32. The maximum atomic E-state index is 10.0. The molecule has 0 spiro atoms. The maximum Gasteiger partial charge on any atom is 0.120 e. The summed E-state index contributed by atoms with van der Waals surface area (Å²) in [4.78, 5) is 11.3. The summed E-state index contributed by atoms with van der Waals surface area (Å²) < 4.78 is 1.74. The average molecular weight is 268 g/mol. The Morgan fingerprint density at radius 3 is 2.92 bits per heavy atom. The van der Waals surface area contributed by atoms with Crippen LogP contribution in [0, 0.1) is 0 Å². The molecule has 0 unspecified atom stereocenters. The molecule has 0 aliphatic heterocycles. The lowest BCUT2D eigenvalue weighted by atomic mass is 10.2. The highest BCUT2D eigenvalue weighted by Gasteiger charge is 2.03. The third kappa shape index (κ3) is 2.88. The van der Waals surface area contributed by atoms with Crippen LogP contribution in [-0.4, -0.2) is 6.29 Å². The standard InChI is InChI=1S/C8H8BrClOS/c9-7-5-6(12-8(7)10)3-1-2-4-11/h4-5H,1-3H2. The lowest BCUT2D eigenvalue weighted by Gasteiger charge is -1.90. The van der Waals surface area contributed by atoms with E-state index in [2.05, 4.69) is 15.9 Å². The largest absolute Gasteiger partial charge is 0.303 e. The molecular formula is C8H8BrClOS. The number of carbonyl (C=O) groups excluding carboxylic acids is 1. The number of aryl methyl sites for hydroxylation is 1. The molecule has 12 heavy (non-hydrogen) atoms. The van der Waals surface area contributed by atoms with E-state index in [4.69, 9.17) is 11.6 Å². The number of halogens is 2. The van der Waals surface area contributed by atoms with E-state index >= 15 is 0 Å². The van der Waals surface area contributed by atoms with Crippen LogP contribution in [0.2, 0.25) is 4.34 Å². The molecule has 1 aromatic rings. The van der Waals surface area contributed by atoms with E-state index in [1.807, 2.05) is 6.07 Å². The van der Waals surface area contributed by atoms with E-state index < -0.39 is 0 Å². The first kappa shape index (κ1) is 10.2. The van der Waals surface area contributed by atoms with Crippen LogP contribution in [0.15, 0.2) is 10.5 Å². The van der Waals surface area contributed by atoms with Gasteiger partial charge >= 0.3 is 0 Å². The number of aldehydes is 1. The molecule has 1 heterocycles. The molecule has 0 N–H and O–H groups in total. The monoisotopic (exact) mass is 266 g/mol. The minimum Gasteiger partial charge on any atom is -0.303 e. The zero-order chi connectivity index (χ0) is 8.97. The Morgan fingerprint density at radius 2 is 2.42 bits per heavy atom. The minimum absolute atomic E-state index is 0.632. The molecule has 0 saturated carbocycles. The predicted molar refractivity (Wildman–Crippen MR) is 56.0 cm³/mol. The van der Waals surface area contributed by atoms with Crippen LogP contribution in [0.1, 0.15) is 17.7 Å². The second-order valence-electron chi connectivity index (χ2n) is 2.39. The Kier molecular flexibility index (Phi) is 4.26. The highest BCUT2D eigenvalue weighted by molar-refractivity contribution is 9.10. The molecular weight excluding hydrogens is 260 g/mol. The van der Waals surface area contributed by atoms with Crippen molar-refractivity contribution in [2.45, 2.75) is 19.3 Å². The lowest BCUT2D eigenvalue weighted by molar-refractivity contribution is -0.107. The molecule has 1 aromatic heterocycles. The Bertz CT molecular complexity index is 253. The molecule has 1 nitrogen and oxygen atoms in total. The van der Waals surface area contributed by atoms with Gasteiger partial charge in [-0.2, -0.15) is 0 Å². The van der Waals surface area contributed by atoms with Gasteiger partial charge in [0.05, 0.1) is 0 Å². The average Bonchev–Trinajstić information content (AvgIpc) is 2.32. The fourth-order valence-electron chi connectivity index (χ4n) is 0.874. The second-order valence-corrected chi connectivity index (χ2v) is 4.99. The van der Waals surface area contributed by atoms with E-state index in [0.29, 0.717) is 6.42 Å². The van der Waals surface area contributed by atoms with E-state index in [1.165, 1.54) is 4.88 Å². The quantitative estimate of drug-likeness (QED) is 0.601. The Balaban J connectivity index is 2.47. The zero-order valence-corrected chi connectivity index (χ0v) is 9.51. The number of carbonyl (C=O) groups is 1. The van der Waals surface area contributed by atoms with Gasteiger partial charge in [0.25, 0.3) is 0 Å². The van der Waals surface area contributed by atoms with Crippen LogP contribution in [0.4, 0.5) is 0 Å². The summed E-state index contributed by atoms with van der Waals surface area (Å²) in [6.07, 6.45) is 3.43. The topological polar surface area (TPSA) is 17.1 Å². The molecule has 0 aliphatic rings. The number of unbranched alkanes of at least 4 members (excludes halogenated alkanes) is 1. The zero-order valence-electron chi connectivity index (χ0n) is 6.35. The van der Waals surface area contributed by atoms with Crippen molar-refractivity contribution in [3.05, 3.63) is 19.8 Å². The molecule has 4 heteroatoms. The summed E-state index contributed by atoms with van der Waals surface area (Å²) >= 11 is 10.7. The number of rotatable bonds is 4. The fourth-order valence-corrected chi connectivity index (χ4v) is 2.71. The minimum atomic E-state index is 0.632. The highest BCUT2D eigenvalue weighted by atomic mass is 79.9. The van der Waals surface area contributed by atoms with E-state index in [0.717, 1.165) is 27.9 Å². The van der Waals surface area contributed by atoms with Crippen molar-refractivity contribution in [1.29, 1.82) is 0 Å². The van der Waals surface area contributed by atoms with Gasteiger partial charge in [0, 0.05) is 15.8 Å². The van der Waals surface area contributed by atoms with Crippen LogP contribution in [0.3, 0.4) is 0 Å². The van der Waals surface area contributed by atoms with E-state index in [-0.39, 0.29) is 0 Å². The third-order valence-electron chi connectivity index (χ3n) is 1.44. The van der Waals surface area contributed by atoms with Gasteiger partial charge in [0.2, 0.25) is 0 Å². The summed E-state index contributed by atoms with van der Waals surface area (Å²) in [6, 6.07) is 2.01. The summed E-state index contributed by atoms with van der Waals surface area (Å²) in [5.74, 6) is 0. The van der Waals surface area contributed by atoms with Gasteiger partial charge in [-0.25, -0.2) is 0 Å². The van der Waals surface area contributed by atoms with Gasteiger partial charge in [-0.1, -0.05) is 11.6 Å². The Hall–Kier alpha value is 0.140. The molecule has 0 aliphatic carbocycles. The Labute approximate surface area is 88.9 Å². The van der Waals surface area contributed by atoms with Crippen LogP contribution in [0.25, 0.3) is 0 Å². The number of thiophene rings is 1. The first-order chi connectivity index (χ1) is 5.74. The predicted octanol–water partition coefficient (Wildman–Crippen LogP) is 3.69. The first-order valence-corrected chi connectivity index (χ1v) is 5.60. The molecule has 0 fully saturated rings. The maximum absolute atomic E-state index is 10.0. The van der Waals surface area contributed by atoms with Crippen molar-refractivity contribution in [2.24, 2.45) is 0 Å². The SMILES string of the molecule is O=CCCCc1cc(Br)c(Cl)s1. The van der Waals surface area contributed by atoms with Gasteiger partial charge in [0.15, 0.2) is 0 Å². The van der Waals surface area contributed by atoms with Gasteiger partial charge in [-0.3, -0.25) is 0 Å². The van der Waals surface area contributed by atoms with Crippen molar-refractivity contribution < 1.29 is 4.79 Å². The molecule has 0 aromatic carbocycles. The summed E-state index contributed by atoms with van der Waals surface area (Å²) in [5.41, 5.74) is 0. The van der Waals surface area contributed by atoms with Gasteiger partial charge in [-0.15, -0.1) is 11.3 Å². The summed E-state index contributed by atoms with van der Waals surface area (Å²) in [7, 11) is 0. The number of hydrogen-bond donors (Lipinski definition) is 0. The van der Waals surface area contributed by atoms with Crippen LogP contribution >= 0.6 is 38.9 Å². The lowest BCUT2D eigenvalue weighted by Crippen LogP contribution is -1.80.